The molecule has 0 radical (unpaired) electrons. The number of nitrogens with zero attached hydrogens (tertiary/aromatic N) is 2. The minimum Gasteiger partial charge on any atom is -0.492 e. The lowest BCUT2D eigenvalue weighted by Gasteiger charge is -2.27. The normalized spacial score (nSPS) is 14.5. The molecular weight excluding hydrogens is 431 g/mol. The van der Waals surface area contributed by atoms with Gasteiger partial charge in [0.25, 0.3) is 0 Å². The summed E-state index contributed by atoms with van der Waals surface area (Å²) in [7, 11) is 1.70. The summed E-state index contributed by atoms with van der Waals surface area (Å²) in [5, 5.41) is 6.22. The van der Waals surface area contributed by atoms with E-state index in [1.165, 1.54) is 12.0 Å². The molecule has 1 heterocycles. The second kappa shape index (κ2) is 11.9. The van der Waals surface area contributed by atoms with E-state index in [9.17, 15) is 4.79 Å². The van der Waals surface area contributed by atoms with Crippen LogP contribution in [0.3, 0.4) is 0 Å². The predicted octanol–water partition coefficient (Wildman–Crippen LogP) is 2.17. The number of rotatable bonds is 6. The minimum atomic E-state index is 0. The summed E-state index contributed by atoms with van der Waals surface area (Å²) < 4.78 is 5.66. The number of benzene rings is 1. The highest BCUT2D eigenvalue weighted by molar-refractivity contribution is 14.0. The quantitative estimate of drug-likeness (QED) is 0.296. The molecule has 1 aliphatic heterocycles. The summed E-state index contributed by atoms with van der Waals surface area (Å²) in [5.74, 6) is 1.60. The molecule has 0 bridgehead atoms. The topological polar surface area (TPSA) is 66.0 Å². The van der Waals surface area contributed by atoms with Gasteiger partial charge in [0.2, 0.25) is 5.91 Å². The molecule has 7 heteroatoms. The van der Waals surface area contributed by atoms with E-state index in [1.54, 1.807) is 7.05 Å². The highest BCUT2D eigenvalue weighted by Gasteiger charge is 2.16. The molecule has 2 rings (SSSR count). The van der Waals surface area contributed by atoms with Gasteiger partial charge in [0.1, 0.15) is 12.4 Å². The Labute approximate surface area is 167 Å². The lowest BCUT2D eigenvalue weighted by Crippen LogP contribution is -2.46. The predicted molar refractivity (Wildman–Crippen MR) is 112 cm³/mol. The zero-order valence-corrected chi connectivity index (χ0v) is 17.4. The maximum atomic E-state index is 12.1. The average Bonchev–Trinajstić information content (AvgIpc) is 2.63. The standard InChI is InChI=1S/C18H28N4O2.HI/c1-15-6-8-16(9-7-15)24-13-10-20-18(19-2)21-14-17(23)22-11-4-3-5-12-22;/h6-9H,3-5,10-14H2,1-2H3,(H2,19,20,21);1H. The van der Waals surface area contributed by atoms with Gasteiger partial charge in [0, 0.05) is 20.1 Å². The van der Waals surface area contributed by atoms with Crippen LogP contribution in [0, 0.1) is 6.92 Å². The first-order valence-electron chi connectivity index (χ1n) is 8.61. The Morgan fingerprint density at radius 1 is 1.16 bits per heavy atom. The molecular formula is C18H29IN4O2. The van der Waals surface area contributed by atoms with Crippen molar-refractivity contribution < 1.29 is 9.53 Å². The van der Waals surface area contributed by atoms with Gasteiger partial charge in [-0.3, -0.25) is 9.79 Å². The molecule has 6 nitrogen and oxygen atoms in total. The zero-order chi connectivity index (χ0) is 17.2. The second-order valence-electron chi connectivity index (χ2n) is 5.96. The maximum Gasteiger partial charge on any atom is 0.241 e. The number of aryl methyl sites for hydroxylation is 1. The van der Waals surface area contributed by atoms with E-state index >= 15 is 0 Å². The van der Waals surface area contributed by atoms with Gasteiger partial charge in [-0.2, -0.15) is 0 Å². The molecule has 1 saturated heterocycles. The fourth-order valence-electron chi connectivity index (χ4n) is 2.61. The number of hydrogen-bond acceptors (Lipinski definition) is 3. The van der Waals surface area contributed by atoms with Crippen molar-refractivity contribution in [1.82, 2.24) is 15.5 Å². The largest absolute Gasteiger partial charge is 0.492 e. The van der Waals surface area contributed by atoms with Crippen LogP contribution < -0.4 is 15.4 Å². The molecule has 0 saturated carbocycles. The van der Waals surface area contributed by atoms with Crippen LogP contribution in [-0.2, 0) is 4.79 Å². The molecule has 0 aliphatic carbocycles. The molecule has 1 amide bonds. The number of likely N-dealkylation sites (tertiary alicyclic amines) is 1. The first-order chi connectivity index (χ1) is 11.7. The fraction of sp³-hybridized carbons (Fsp3) is 0.556. The van der Waals surface area contributed by atoms with E-state index in [0.29, 0.717) is 19.1 Å². The summed E-state index contributed by atoms with van der Waals surface area (Å²) >= 11 is 0. The molecule has 140 valence electrons. The average molecular weight is 460 g/mol. The second-order valence-corrected chi connectivity index (χ2v) is 5.96. The van der Waals surface area contributed by atoms with Crippen LogP contribution >= 0.6 is 24.0 Å². The van der Waals surface area contributed by atoms with Gasteiger partial charge in [-0.1, -0.05) is 17.7 Å². The summed E-state index contributed by atoms with van der Waals surface area (Å²) in [4.78, 5) is 18.2. The molecule has 1 aromatic carbocycles. The molecule has 1 aromatic rings. The Balaban J connectivity index is 0.00000312. The van der Waals surface area contributed by atoms with E-state index in [0.717, 1.165) is 31.7 Å². The van der Waals surface area contributed by atoms with E-state index in [1.807, 2.05) is 36.1 Å². The molecule has 1 aliphatic rings. The van der Waals surface area contributed by atoms with E-state index in [4.69, 9.17) is 4.74 Å². The highest BCUT2D eigenvalue weighted by atomic mass is 127. The third-order valence-corrected chi connectivity index (χ3v) is 4.02. The number of amides is 1. The Hall–Kier alpha value is -1.51. The van der Waals surface area contributed by atoms with E-state index in [-0.39, 0.29) is 36.4 Å². The third kappa shape index (κ3) is 7.94. The molecule has 1 fully saturated rings. The molecule has 0 spiro atoms. The van der Waals surface area contributed by atoms with Crippen molar-refractivity contribution in [1.29, 1.82) is 0 Å². The van der Waals surface area contributed by atoms with Crippen molar-refractivity contribution in [3.05, 3.63) is 29.8 Å². The summed E-state index contributed by atoms with van der Waals surface area (Å²) in [6.45, 7) is 5.22. The van der Waals surface area contributed by atoms with E-state index in [2.05, 4.69) is 15.6 Å². The molecule has 0 unspecified atom stereocenters. The molecule has 2 N–H and O–H groups in total. The highest BCUT2D eigenvalue weighted by Crippen LogP contribution is 2.10. The first kappa shape index (κ1) is 21.5. The van der Waals surface area contributed by atoms with Crippen LogP contribution in [-0.4, -0.2) is 56.6 Å². The summed E-state index contributed by atoms with van der Waals surface area (Å²) in [5.41, 5.74) is 1.21. The van der Waals surface area contributed by atoms with Crippen molar-refractivity contribution >= 4 is 35.8 Å². The monoisotopic (exact) mass is 460 g/mol. The lowest BCUT2D eigenvalue weighted by molar-refractivity contribution is -0.130. The number of carbonyl (C=O) groups is 1. The van der Waals surface area contributed by atoms with Crippen molar-refractivity contribution in [3.63, 3.8) is 0 Å². The number of carbonyl (C=O) groups excluding carboxylic acids is 1. The Morgan fingerprint density at radius 2 is 1.84 bits per heavy atom. The third-order valence-electron chi connectivity index (χ3n) is 4.02. The number of ether oxygens (including phenoxy) is 1. The summed E-state index contributed by atoms with van der Waals surface area (Å²) in [6.07, 6.45) is 3.44. The van der Waals surface area contributed by atoms with Crippen LogP contribution in [0.5, 0.6) is 5.75 Å². The minimum absolute atomic E-state index is 0. The molecule has 25 heavy (non-hydrogen) atoms. The van der Waals surface area contributed by atoms with Crippen LogP contribution in [0.15, 0.2) is 29.3 Å². The molecule has 0 atom stereocenters. The zero-order valence-electron chi connectivity index (χ0n) is 15.1. The fourth-order valence-corrected chi connectivity index (χ4v) is 2.61. The SMILES string of the molecule is CN=C(NCCOc1ccc(C)cc1)NCC(=O)N1CCCCC1.I. The van der Waals surface area contributed by atoms with Crippen LogP contribution in [0.2, 0.25) is 0 Å². The number of halogens is 1. The smallest absolute Gasteiger partial charge is 0.241 e. The Morgan fingerprint density at radius 3 is 2.48 bits per heavy atom. The van der Waals surface area contributed by atoms with Gasteiger partial charge in [0.15, 0.2) is 5.96 Å². The molecule has 0 aromatic heterocycles. The van der Waals surface area contributed by atoms with Gasteiger partial charge < -0.3 is 20.3 Å². The number of guanidine groups is 1. The van der Waals surface area contributed by atoms with Crippen LogP contribution in [0.1, 0.15) is 24.8 Å². The van der Waals surface area contributed by atoms with E-state index < -0.39 is 0 Å². The lowest BCUT2D eigenvalue weighted by atomic mass is 10.1. The van der Waals surface area contributed by atoms with Gasteiger partial charge in [-0.15, -0.1) is 24.0 Å². The van der Waals surface area contributed by atoms with Crippen LogP contribution in [0.4, 0.5) is 0 Å². The van der Waals surface area contributed by atoms with Crippen molar-refractivity contribution in [2.24, 2.45) is 4.99 Å². The van der Waals surface area contributed by atoms with Gasteiger partial charge >= 0.3 is 0 Å². The first-order valence-corrected chi connectivity index (χ1v) is 8.61. The Bertz CT molecular complexity index is 543. The van der Waals surface area contributed by atoms with Gasteiger partial charge in [0.05, 0.1) is 13.1 Å². The summed E-state index contributed by atoms with van der Waals surface area (Å²) in [6, 6.07) is 7.96. The number of aliphatic imine (C=N–C) groups is 1. The Kier molecular flexibility index (Phi) is 10.3. The maximum absolute atomic E-state index is 12.1. The number of piperidine rings is 1. The van der Waals surface area contributed by atoms with Gasteiger partial charge in [-0.05, 0) is 38.3 Å². The van der Waals surface area contributed by atoms with Crippen molar-refractivity contribution in [3.8, 4) is 5.75 Å². The number of hydrogen-bond donors (Lipinski definition) is 2. The van der Waals surface area contributed by atoms with Gasteiger partial charge in [-0.25, -0.2) is 0 Å². The van der Waals surface area contributed by atoms with Crippen LogP contribution in [0.25, 0.3) is 0 Å². The van der Waals surface area contributed by atoms with Crippen molar-refractivity contribution in [2.45, 2.75) is 26.2 Å². The number of nitrogens with one attached hydrogen (secondary N) is 2. The van der Waals surface area contributed by atoms with Crippen molar-refractivity contribution in [2.75, 3.05) is 39.8 Å².